The minimum absolute atomic E-state index is 0.0544. The van der Waals surface area contributed by atoms with Crippen LogP contribution in [0.1, 0.15) is 15.9 Å². The number of nitrogens with two attached hydrogens (primary N) is 1. The lowest BCUT2D eigenvalue weighted by molar-refractivity contribution is 0.0827. The molecule has 2 rings (SSSR count). The number of benzene rings is 2. The summed E-state index contributed by atoms with van der Waals surface area (Å²) in [4.78, 5) is 13.5. The number of carbonyl (C=O) groups is 1. The lowest BCUT2D eigenvalue weighted by atomic mass is 9.97. The Kier molecular flexibility index (Phi) is 4.05. The first-order chi connectivity index (χ1) is 9.52. The number of nitrogens with zero attached hydrogens (tertiary/aromatic N) is 1. The van der Waals surface area contributed by atoms with Crippen LogP contribution in [0.15, 0.2) is 42.5 Å². The second kappa shape index (κ2) is 5.75. The molecule has 20 heavy (non-hydrogen) atoms. The summed E-state index contributed by atoms with van der Waals surface area (Å²) in [6.45, 7) is -0.0680. The van der Waals surface area contributed by atoms with Gasteiger partial charge in [0.1, 0.15) is 0 Å². The number of aliphatic hydroxyl groups excluding tert-OH is 1. The Labute approximate surface area is 118 Å². The zero-order chi connectivity index (χ0) is 14.7. The van der Waals surface area contributed by atoms with Gasteiger partial charge < -0.3 is 15.7 Å². The maximum atomic E-state index is 12.0. The number of amides is 1. The van der Waals surface area contributed by atoms with Crippen molar-refractivity contribution in [3.63, 3.8) is 0 Å². The average Bonchev–Trinajstić information content (AvgIpc) is 2.46. The van der Waals surface area contributed by atoms with E-state index >= 15 is 0 Å². The Balaban J connectivity index is 2.51. The monoisotopic (exact) mass is 270 g/mol. The molecule has 104 valence electrons. The van der Waals surface area contributed by atoms with Crippen LogP contribution in [-0.2, 0) is 6.61 Å². The highest BCUT2D eigenvalue weighted by Crippen LogP contribution is 2.27. The third kappa shape index (κ3) is 2.81. The summed E-state index contributed by atoms with van der Waals surface area (Å²) in [5.41, 5.74) is 9.55. The van der Waals surface area contributed by atoms with Gasteiger partial charge in [-0.2, -0.15) is 0 Å². The zero-order valence-electron chi connectivity index (χ0n) is 11.6. The van der Waals surface area contributed by atoms with Crippen molar-refractivity contribution < 1.29 is 9.90 Å². The van der Waals surface area contributed by atoms with Gasteiger partial charge in [0, 0.05) is 25.3 Å². The normalized spacial score (nSPS) is 10.3. The van der Waals surface area contributed by atoms with E-state index in [9.17, 15) is 9.90 Å². The van der Waals surface area contributed by atoms with Crippen LogP contribution in [0, 0.1) is 0 Å². The molecule has 0 spiro atoms. The number of hydrogen-bond acceptors (Lipinski definition) is 3. The van der Waals surface area contributed by atoms with E-state index in [1.807, 2.05) is 24.3 Å². The molecular weight excluding hydrogens is 252 g/mol. The molecule has 2 aromatic rings. The highest BCUT2D eigenvalue weighted by molar-refractivity contribution is 5.95. The predicted octanol–water partition coefficient (Wildman–Crippen LogP) is 2.13. The number of aliphatic hydroxyl groups is 1. The molecule has 4 nitrogen and oxygen atoms in total. The van der Waals surface area contributed by atoms with Gasteiger partial charge in [-0.25, -0.2) is 0 Å². The van der Waals surface area contributed by atoms with Crippen LogP contribution in [0.4, 0.5) is 5.69 Å². The lowest BCUT2D eigenvalue weighted by Gasteiger charge is -2.13. The summed E-state index contributed by atoms with van der Waals surface area (Å²) in [5, 5.41) is 9.42. The van der Waals surface area contributed by atoms with Gasteiger partial charge in [-0.05, 0) is 41.0 Å². The molecule has 0 saturated heterocycles. The Morgan fingerprint density at radius 2 is 1.95 bits per heavy atom. The van der Waals surface area contributed by atoms with Gasteiger partial charge in [0.25, 0.3) is 5.91 Å². The summed E-state index contributed by atoms with van der Waals surface area (Å²) in [7, 11) is 3.43. The molecule has 0 aliphatic heterocycles. The van der Waals surface area contributed by atoms with Crippen molar-refractivity contribution in [2.24, 2.45) is 0 Å². The molecule has 0 aliphatic rings. The van der Waals surface area contributed by atoms with Gasteiger partial charge in [-0.15, -0.1) is 0 Å². The van der Waals surface area contributed by atoms with E-state index in [0.717, 1.165) is 16.7 Å². The molecule has 4 heteroatoms. The highest BCUT2D eigenvalue weighted by Gasteiger charge is 2.11. The molecule has 0 aliphatic carbocycles. The van der Waals surface area contributed by atoms with E-state index in [-0.39, 0.29) is 12.5 Å². The minimum Gasteiger partial charge on any atom is -0.399 e. The Hall–Kier alpha value is -2.33. The van der Waals surface area contributed by atoms with Crippen LogP contribution in [-0.4, -0.2) is 30.0 Å². The fraction of sp³-hybridized carbons (Fsp3) is 0.188. The van der Waals surface area contributed by atoms with E-state index in [4.69, 9.17) is 5.73 Å². The quantitative estimate of drug-likeness (QED) is 0.840. The van der Waals surface area contributed by atoms with Crippen LogP contribution >= 0.6 is 0 Å². The molecule has 0 bridgehead atoms. The predicted molar refractivity (Wildman–Crippen MR) is 80.2 cm³/mol. The SMILES string of the molecule is CN(C)C(=O)c1cccc(-c2cc(N)ccc2CO)c1. The summed E-state index contributed by atoms with van der Waals surface area (Å²) in [6.07, 6.45) is 0. The van der Waals surface area contributed by atoms with Crippen LogP contribution < -0.4 is 5.73 Å². The van der Waals surface area contributed by atoms with Crippen molar-refractivity contribution >= 4 is 11.6 Å². The lowest BCUT2D eigenvalue weighted by Crippen LogP contribution is -2.21. The smallest absolute Gasteiger partial charge is 0.253 e. The van der Waals surface area contributed by atoms with Crippen LogP contribution in [0.3, 0.4) is 0 Å². The maximum Gasteiger partial charge on any atom is 0.253 e. The van der Waals surface area contributed by atoms with Crippen molar-refractivity contribution in [3.8, 4) is 11.1 Å². The second-order valence-corrected chi connectivity index (χ2v) is 4.86. The number of nitrogen functional groups attached to an aromatic ring is 1. The van der Waals surface area contributed by atoms with Crippen molar-refractivity contribution in [2.45, 2.75) is 6.61 Å². The van der Waals surface area contributed by atoms with Gasteiger partial charge >= 0.3 is 0 Å². The fourth-order valence-electron chi connectivity index (χ4n) is 2.08. The molecule has 1 amide bonds. The third-order valence-corrected chi connectivity index (χ3v) is 3.13. The zero-order valence-corrected chi connectivity index (χ0v) is 11.6. The van der Waals surface area contributed by atoms with Gasteiger partial charge in [0.05, 0.1) is 6.61 Å². The number of carbonyl (C=O) groups excluding carboxylic acids is 1. The average molecular weight is 270 g/mol. The van der Waals surface area contributed by atoms with Gasteiger partial charge in [-0.3, -0.25) is 4.79 Å². The van der Waals surface area contributed by atoms with E-state index in [0.29, 0.717) is 11.3 Å². The second-order valence-electron chi connectivity index (χ2n) is 4.86. The molecular formula is C16H18N2O2. The van der Waals surface area contributed by atoms with E-state index < -0.39 is 0 Å². The largest absolute Gasteiger partial charge is 0.399 e. The van der Waals surface area contributed by atoms with E-state index in [1.165, 1.54) is 4.90 Å². The Morgan fingerprint density at radius 1 is 1.20 bits per heavy atom. The van der Waals surface area contributed by atoms with Crippen molar-refractivity contribution in [2.75, 3.05) is 19.8 Å². The third-order valence-electron chi connectivity index (χ3n) is 3.13. The van der Waals surface area contributed by atoms with Crippen molar-refractivity contribution in [1.29, 1.82) is 0 Å². The number of anilines is 1. The number of hydrogen-bond donors (Lipinski definition) is 2. The number of rotatable bonds is 3. The Morgan fingerprint density at radius 3 is 2.60 bits per heavy atom. The summed E-state index contributed by atoms with van der Waals surface area (Å²) in [5.74, 6) is -0.0544. The molecule has 3 N–H and O–H groups in total. The molecule has 0 atom stereocenters. The first-order valence-corrected chi connectivity index (χ1v) is 6.34. The topological polar surface area (TPSA) is 66.6 Å². The molecule has 0 saturated carbocycles. The molecule has 0 fully saturated rings. The highest BCUT2D eigenvalue weighted by atomic mass is 16.3. The summed E-state index contributed by atoms with van der Waals surface area (Å²) < 4.78 is 0. The Bertz CT molecular complexity index is 636. The van der Waals surface area contributed by atoms with E-state index in [2.05, 4.69) is 0 Å². The maximum absolute atomic E-state index is 12.0. The van der Waals surface area contributed by atoms with Crippen LogP contribution in [0.2, 0.25) is 0 Å². The van der Waals surface area contributed by atoms with Crippen molar-refractivity contribution in [1.82, 2.24) is 4.90 Å². The fourth-order valence-corrected chi connectivity index (χ4v) is 2.08. The summed E-state index contributed by atoms with van der Waals surface area (Å²) >= 11 is 0. The van der Waals surface area contributed by atoms with Gasteiger partial charge in [-0.1, -0.05) is 18.2 Å². The van der Waals surface area contributed by atoms with E-state index in [1.54, 1.807) is 32.3 Å². The first kappa shape index (κ1) is 14.1. The molecule has 0 unspecified atom stereocenters. The van der Waals surface area contributed by atoms with Crippen molar-refractivity contribution in [3.05, 3.63) is 53.6 Å². The molecule has 0 radical (unpaired) electrons. The van der Waals surface area contributed by atoms with Gasteiger partial charge in [0.15, 0.2) is 0 Å². The van der Waals surface area contributed by atoms with Crippen LogP contribution in [0.25, 0.3) is 11.1 Å². The van der Waals surface area contributed by atoms with Crippen LogP contribution in [0.5, 0.6) is 0 Å². The molecule has 0 aromatic heterocycles. The molecule has 2 aromatic carbocycles. The minimum atomic E-state index is -0.0680. The standard InChI is InChI=1S/C16H18N2O2/c1-18(2)16(20)12-5-3-4-11(8-12)15-9-14(17)7-6-13(15)10-19/h3-9,19H,10,17H2,1-2H3. The first-order valence-electron chi connectivity index (χ1n) is 6.34. The summed E-state index contributed by atoms with van der Waals surface area (Å²) in [6, 6.07) is 12.7. The molecule has 0 heterocycles. The van der Waals surface area contributed by atoms with Gasteiger partial charge in [0.2, 0.25) is 0 Å².